The number of hydrogen-bond acceptors (Lipinski definition) is 10. The van der Waals surface area contributed by atoms with Crippen LogP contribution in [-0.4, -0.2) is 82.2 Å². The smallest absolute Gasteiger partial charge is 0.229 e. The van der Waals surface area contributed by atoms with Gasteiger partial charge in [-0.1, -0.05) is 87.4 Å². The van der Waals surface area contributed by atoms with Crippen LogP contribution < -0.4 is 18.9 Å². The monoisotopic (exact) mass is 880 g/mol. The van der Waals surface area contributed by atoms with E-state index < -0.39 is 12.2 Å². The Morgan fingerprint density at radius 2 is 1.05 bits per heavy atom. The fourth-order valence-electron chi connectivity index (χ4n) is 12.1. The third-order valence-corrected chi connectivity index (χ3v) is 15.6. The van der Waals surface area contributed by atoms with Gasteiger partial charge in [0, 0.05) is 52.9 Å². The van der Waals surface area contributed by atoms with Crippen molar-refractivity contribution in [3.63, 3.8) is 0 Å². The highest BCUT2D eigenvalue weighted by molar-refractivity contribution is 5.85. The lowest BCUT2D eigenvalue weighted by molar-refractivity contribution is -0.0510. The highest BCUT2D eigenvalue weighted by Gasteiger charge is 2.47. The standard InChI is InChI=1S/C56H60N6O4/c1-5-35-33-61-27-23-39(35)29-49(61)52(43-21-25-57-47-19-17-41(63-3)31-45(43)47)65-55-51(37-13-9-7-10-14-37)56(60-54(59-55)38-15-11-8-12-16-38)66-53(50-30-40-24-28-62(50)34-36(40)6-2)44-22-26-58-48-20-18-42(64-4)32-46(44)48/h7-22,25-26,31-32,35-36,39-40,49-50,52-53H,5-6,23-24,27-30,33-34H2,1-4H3/t35?,36?,39?,40?,49-,50?,52-,53+/m0/s1. The second kappa shape index (κ2) is 18.3. The van der Waals surface area contributed by atoms with Crippen molar-refractivity contribution in [3.05, 3.63) is 133 Å². The minimum Gasteiger partial charge on any atom is -0.497 e. The molecule has 0 N–H and O–H groups in total. The van der Waals surface area contributed by atoms with Crippen LogP contribution in [0.15, 0.2) is 122 Å². The number of nitrogens with zero attached hydrogens (tertiary/aromatic N) is 6. The van der Waals surface area contributed by atoms with Gasteiger partial charge in [0.25, 0.3) is 0 Å². The molecule has 6 fully saturated rings. The first-order chi connectivity index (χ1) is 32.5. The van der Waals surface area contributed by atoms with E-state index in [9.17, 15) is 0 Å². The van der Waals surface area contributed by atoms with Gasteiger partial charge in [-0.25, -0.2) is 0 Å². The van der Waals surface area contributed by atoms with Gasteiger partial charge in [0.1, 0.15) is 29.3 Å². The minimum atomic E-state index is -0.393. The summed E-state index contributed by atoms with van der Waals surface area (Å²) in [5, 5.41) is 2.02. The molecule has 6 saturated heterocycles. The topological polar surface area (TPSA) is 95.0 Å². The number of methoxy groups -OCH3 is 2. The van der Waals surface area contributed by atoms with E-state index in [0.29, 0.717) is 41.3 Å². The van der Waals surface area contributed by atoms with E-state index in [1.54, 1.807) is 14.2 Å². The zero-order chi connectivity index (χ0) is 44.7. The Bertz CT molecular complexity index is 2680. The number of fused-ring (bicyclic) bond motifs is 8. The first-order valence-corrected chi connectivity index (χ1v) is 24.2. The average molecular weight is 881 g/mol. The Morgan fingerprint density at radius 3 is 1.47 bits per heavy atom. The number of piperidine rings is 6. The molecular weight excluding hydrogens is 821 g/mol. The lowest BCUT2D eigenvalue weighted by Gasteiger charge is -2.52. The molecule has 0 spiro atoms. The third-order valence-electron chi connectivity index (χ3n) is 15.6. The van der Waals surface area contributed by atoms with Gasteiger partial charge in [0.05, 0.1) is 37.3 Å². The molecule has 10 nitrogen and oxygen atoms in total. The number of hydrogen-bond donors (Lipinski definition) is 0. The number of ether oxygens (including phenoxy) is 4. The van der Waals surface area contributed by atoms with Crippen molar-refractivity contribution in [2.24, 2.45) is 23.7 Å². The largest absolute Gasteiger partial charge is 0.497 e. The zero-order valence-electron chi connectivity index (χ0n) is 38.6. The summed E-state index contributed by atoms with van der Waals surface area (Å²) in [6.45, 7) is 8.88. The summed E-state index contributed by atoms with van der Waals surface area (Å²) in [5.41, 5.74) is 6.48. The molecule has 6 aliphatic heterocycles. The van der Waals surface area contributed by atoms with Crippen molar-refractivity contribution in [2.75, 3.05) is 40.4 Å². The SMILES string of the molecule is CCC1CN2CCC1CC2[C@H](Oc1nc(-c2ccccc2)nc(O[C@@H](c2ccnc3ccc(OC)cc23)[C@@H]2CC3CCN2CC3CC)c1-c1ccccc1)c1ccnc2ccc(OC)cc12. The first kappa shape index (κ1) is 42.5. The van der Waals surface area contributed by atoms with Crippen LogP contribution in [0, 0.1) is 23.7 Å². The Hall–Kier alpha value is -6.10. The molecule has 0 saturated carbocycles. The molecule has 10 atom stereocenters. The number of rotatable bonds is 14. The molecule has 10 heteroatoms. The van der Waals surface area contributed by atoms with Crippen LogP contribution in [-0.2, 0) is 0 Å². The van der Waals surface area contributed by atoms with Crippen LogP contribution in [0.25, 0.3) is 44.3 Å². The highest BCUT2D eigenvalue weighted by Crippen LogP contribution is 2.50. The van der Waals surface area contributed by atoms with Crippen molar-refractivity contribution >= 4 is 21.8 Å². The van der Waals surface area contributed by atoms with Crippen LogP contribution in [0.3, 0.4) is 0 Å². The molecule has 0 radical (unpaired) electrons. The normalized spacial score (nSPS) is 25.4. The molecule has 0 amide bonds. The molecule has 7 aromatic rings. The predicted octanol–water partition coefficient (Wildman–Crippen LogP) is 11.4. The maximum absolute atomic E-state index is 7.76. The van der Waals surface area contributed by atoms with E-state index in [0.717, 1.165) is 100 Å². The van der Waals surface area contributed by atoms with Gasteiger partial charge in [0.2, 0.25) is 11.8 Å². The highest BCUT2D eigenvalue weighted by atomic mass is 16.5. The Kier molecular flexibility index (Phi) is 11.8. The van der Waals surface area contributed by atoms with E-state index >= 15 is 0 Å². The van der Waals surface area contributed by atoms with Crippen LogP contribution in [0.5, 0.6) is 23.3 Å². The Morgan fingerprint density at radius 1 is 0.576 bits per heavy atom. The molecule has 6 aliphatic rings. The molecular formula is C56H60N6O4. The van der Waals surface area contributed by atoms with Crippen LogP contribution >= 0.6 is 0 Å². The predicted molar refractivity (Wildman–Crippen MR) is 260 cm³/mol. The van der Waals surface area contributed by atoms with Gasteiger partial charge < -0.3 is 18.9 Å². The van der Waals surface area contributed by atoms with Gasteiger partial charge in [-0.05, 0) is 117 Å². The Balaban J connectivity index is 1.13. The summed E-state index contributed by atoms with van der Waals surface area (Å²) < 4.78 is 27.2. The fraction of sp³-hybridized carbons (Fsp3) is 0.393. The molecule has 338 valence electrons. The fourth-order valence-corrected chi connectivity index (χ4v) is 12.1. The number of aromatic nitrogens is 4. The van der Waals surface area contributed by atoms with Crippen molar-refractivity contribution in [3.8, 4) is 45.8 Å². The maximum Gasteiger partial charge on any atom is 0.229 e. The second-order valence-electron chi connectivity index (χ2n) is 18.9. The van der Waals surface area contributed by atoms with E-state index in [1.807, 2.05) is 54.9 Å². The third kappa shape index (κ3) is 7.91. The van der Waals surface area contributed by atoms with Gasteiger partial charge in [-0.2, -0.15) is 9.97 Å². The van der Waals surface area contributed by atoms with Crippen molar-refractivity contribution < 1.29 is 18.9 Å². The molecule has 0 aliphatic carbocycles. The van der Waals surface area contributed by atoms with E-state index in [4.69, 9.17) is 38.9 Å². The van der Waals surface area contributed by atoms with Crippen molar-refractivity contribution in [1.82, 2.24) is 29.7 Å². The lowest BCUT2D eigenvalue weighted by atomic mass is 9.72. The molecule has 4 aromatic carbocycles. The van der Waals surface area contributed by atoms with E-state index in [2.05, 4.69) is 90.4 Å². The lowest BCUT2D eigenvalue weighted by Crippen LogP contribution is -2.56. The molecule has 9 heterocycles. The van der Waals surface area contributed by atoms with Crippen LogP contribution in [0.1, 0.15) is 75.7 Å². The number of pyridine rings is 2. The summed E-state index contributed by atoms with van der Waals surface area (Å²) in [6.07, 6.45) is 9.90. The summed E-state index contributed by atoms with van der Waals surface area (Å²) in [4.78, 5) is 26.0. The van der Waals surface area contributed by atoms with Gasteiger partial charge in [-0.15, -0.1) is 0 Å². The molecule has 3 aromatic heterocycles. The van der Waals surface area contributed by atoms with E-state index in [-0.39, 0.29) is 12.1 Å². The Labute approximate surface area is 388 Å². The van der Waals surface area contributed by atoms with Gasteiger partial charge in [0.15, 0.2) is 5.82 Å². The quantitative estimate of drug-likeness (QED) is 0.105. The van der Waals surface area contributed by atoms with Gasteiger partial charge in [-0.3, -0.25) is 19.8 Å². The summed E-state index contributed by atoms with van der Waals surface area (Å²) in [6, 6.07) is 37.4. The minimum absolute atomic E-state index is 0.106. The molecule has 7 unspecified atom stereocenters. The second-order valence-corrected chi connectivity index (χ2v) is 18.9. The zero-order valence-corrected chi connectivity index (χ0v) is 38.6. The summed E-state index contributed by atoms with van der Waals surface area (Å²) in [5.74, 6) is 5.70. The van der Waals surface area contributed by atoms with Crippen molar-refractivity contribution in [2.45, 2.75) is 76.7 Å². The first-order valence-electron chi connectivity index (χ1n) is 24.2. The van der Waals surface area contributed by atoms with Crippen LogP contribution in [0.2, 0.25) is 0 Å². The van der Waals surface area contributed by atoms with Crippen molar-refractivity contribution in [1.29, 1.82) is 0 Å². The van der Waals surface area contributed by atoms with E-state index in [1.165, 1.54) is 25.7 Å². The summed E-state index contributed by atoms with van der Waals surface area (Å²) in [7, 11) is 3.44. The molecule has 13 rings (SSSR count). The maximum atomic E-state index is 7.76. The molecule has 66 heavy (non-hydrogen) atoms. The molecule has 4 bridgehead atoms. The summed E-state index contributed by atoms with van der Waals surface area (Å²) >= 11 is 0. The van der Waals surface area contributed by atoms with Gasteiger partial charge >= 0.3 is 0 Å². The average Bonchev–Trinajstić information content (AvgIpc) is 3.39. The van der Waals surface area contributed by atoms with Crippen LogP contribution in [0.4, 0.5) is 0 Å². The number of benzene rings is 4.